The van der Waals surface area contributed by atoms with Crippen molar-refractivity contribution in [3.63, 3.8) is 0 Å². The molecule has 4 aromatic rings. The van der Waals surface area contributed by atoms with Crippen LogP contribution < -0.4 is 15.4 Å². The Bertz CT molecular complexity index is 1200. The van der Waals surface area contributed by atoms with Gasteiger partial charge in [0.25, 0.3) is 0 Å². The summed E-state index contributed by atoms with van der Waals surface area (Å²) in [7, 11) is 0. The Hall–Kier alpha value is -3.28. The minimum atomic E-state index is -0.368. The van der Waals surface area contributed by atoms with Gasteiger partial charge in [-0.3, -0.25) is 4.40 Å². The molecule has 0 aliphatic carbocycles. The third-order valence-electron chi connectivity index (χ3n) is 4.41. The molecular formula is C22H23FIN7O. The molecule has 4 rings (SSSR count). The monoisotopic (exact) mass is 547 g/mol. The Balaban J connectivity index is 0.00000289. The summed E-state index contributed by atoms with van der Waals surface area (Å²) < 4.78 is 21.1. The van der Waals surface area contributed by atoms with Gasteiger partial charge in [0, 0.05) is 30.6 Å². The predicted molar refractivity (Wildman–Crippen MR) is 131 cm³/mol. The van der Waals surface area contributed by atoms with Crippen LogP contribution in [0.5, 0.6) is 11.6 Å². The van der Waals surface area contributed by atoms with E-state index in [0.717, 1.165) is 17.0 Å². The van der Waals surface area contributed by atoms with Gasteiger partial charge in [0.2, 0.25) is 5.88 Å². The van der Waals surface area contributed by atoms with E-state index in [1.165, 1.54) is 12.1 Å². The number of fused-ring (bicyclic) bond motifs is 1. The average Bonchev–Trinajstić information content (AvgIpc) is 3.20. The van der Waals surface area contributed by atoms with Crippen molar-refractivity contribution in [1.82, 2.24) is 30.2 Å². The highest BCUT2D eigenvalue weighted by Crippen LogP contribution is 2.23. The molecule has 3 aromatic heterocycles. The molecule has 10 heteroatoms. The van der Waals surface area contributed by atoms with E-state index in [2.05, 4.69) is 30.8 Å². The molecule has 0 amide bonds. The molecule has 0 saturated carbocycles. The standard InChI is InChI=1S/C22H22FN7O.HI/c1-2-24-22(27-15-20-29-28-19-10-3-4-12-30(19)20)26-14-16-7-6-11-25-21(16)31-18-9-5-8-17(23)13-18;/h3-13H,2,14-15H2,1H3,(H2,24,26,27);1H. The van der Waals surface area contributed by atoms with Gasteiger partial charge in [0.05, 0.1) is 13.1 Å². The number of guanidine groups is 1. The van der Waals surface area contributed by atoms with Crippen LogP contribution in [0.15, 0.2) is 72.0 Å². The van der Waals surface area contributed by atoms with Crippen LogP contribution in [0.25, 0.3) is 5.65 Å². The van der Waals surface area contributed by atoms with Gasteiger partial charge in [-0.25, -0.2) is 14.4 Å². The molecule has 0 fully saturated rings. The van der Waals surface area contributed by atoms with Gasteiger partial charge in [-0.15, -0.1) is 34.2 Å². The molecule has 166 valence electrons. The fraction of sp³-hybridized carbons (Fsp3) is 0.182. The quantitative estimate of drug-likeness (QED) is 0.207. The lowest BCUT2D eigenvalue weighted by molar-refractivity contribution is 0.452. The highest BCUT2D eigenvalue weighted by atomic mass is 127. The van der Waals surface area contributed by atoms with Gasteiger partial charge in [-0.1, -0.05) is 18.2 Å². The number of aliphatic imine (C=N–C) groups is 1. The first-order chi connectivity index (χ1) is 15.2. The number of pyridine rings is 2. The number of aromatic nitrogens is 4. The van der Waals surface area contributed by atoms with E-state index >= 15 is 0 Å². The van der Waals surface area contributed by atoms with Crippen molar-refractivity contribution in [2.45, 2.75) is 20.0 Å². The van der Waals surface area contributed by atoms with E-state index in [-0.39, 0.29) is 29.8 Å². The maximum absolute atomic E-state index is 13.5. The number of ether oxygens (including phenoxy) is 1. The molecule has 2 N–H and O–H groups in total. The van der Waals surface area contributed by atoms with Crippen molar-refractivity contribution in [3.05, 3.63) is 84.2 Å². The second-order valence-electron chi connectivity index (χ2n) is 6.62. The second kappa shape index (κ2) is 11.4. The highest BCUT2D eigenvalue weighted by Gasteiger charge is 2.09. The Morgan fingerprint density at radius 3 is 2.84 bits per heavy atom. The van der Waals surface area contributed by atoms with Gasteiger partial charge in [0.15, 0.2) is 17.4 Å². The Morgan fingerprint density at radius 1 is 1.09 bits per heavy atom. The van der Waals surface area contributed by atoms with Gasteiger partial charge >= 0.3 is 0 Å². The summed E-state index contributed by atoms with van der Waals surface area (Å²) in [6.45, 7) is 3.48. The molecule has 0 radical (unpaired) electrons. The van der Waals surface area contributed by atoms with Crippen molar-refractivity contribution >= 4 is 35.6 Å². The fourth-order valence-corrected chi connectivity index (χ4v) is 2.96. The zero-order valence-electron chi connectivity index (χ0n) is 17.4. The summed E-state index contributed by atoms with van der Waals surface area (Å²) in [6.07, 6.45) is 3.55. The average molecular weight is 547 g/mol. The molecule has 0 unspecified atom stereocenters. The Kier molecular flexibility index (Phi) is 8.31. The van der Waals surface area contributed by atoms with E-state index in [9.17, 15) is 4.39 Å². The van der Waals surface area contributed by atoms with E-state index in [0.29, 0.717) is 37.2 Å². The van der Waals surface area contributed by atoms with E-state index < -0.39 is 0 Å². The number of hydrogen-bond acceptors (Lipinski definition) is 5. The first-order valence-electron chi connectivity index (χ1n) is 9.91. The summed E-state index contributed by atoms with van der Waals surface area (Å²) in [5.74, 6) is 1.80. The van der Waals surface area contributed by atoms with E-state index in [4.69, 9.17) is 4.74 Å². The molecular weight excluding hydrogens is 524 g/mol. The minimum Gasteiger partial charge on any atom is -0.439 e. The van der Waals surface area contributed by atoms with Crippen molar-refractivity contribution in [1.29, 1.82) is 0 Å². The maximum Gasteiger partial charge on any atom is 0.224 e. The number of benzene rings is 1. The zero-order chi connectivity index (χ0) is 21.5. The van der Waals surface area contributed by atoms with Gasteiger partial charge in [-0.2, -0.15) is 0 Å². The topological polar surface area (TPSA) is 88.7 Å². The lowest BCUT2D eigenvalue weighted by Crippen LogP contribution is -2.37. The molecule has 0 saturated heterocycles. The molecule has 0 aliphatic rings. The largest absolute Gasteiger partial charge is 0.439 e. The normalized spacial score (nSPS) is 11.1. The van der Waals surface area contributed by atoms with Crippen LogP contribution >= 0.6 is 24.0 Å². The van der Waals surface area contributed by atoms with Crippen LogP contribution in [-0.2, 0) is 13.1 Å². The van der Waals surface area contributed by atoms with Gasteiger partial charge in [0.1, 0.15) is 11.6 Å². The molecule has 32 heavy (non-hydrogen) atoms. The Labute approximate surface area is 202 Å². The summed E-state index contributed by atoms with van der Waals surface area (Å²) in [4.78, 5) is 8.90. The van der Waals surface area contributed by atoms with Gasteiger partial charge in [-0.05, 0) is 37.3 Å². The fourth-order valence-electron chi connectivity index (χ4n) is 2.96. The first kappa shape index (κ1) is 23.4. The van der Waals surface area contributed by atoms with Crippen LogP contribution in [0.4, 0.5) is 4.39 Å². The van der Waals surface area contributed by atoms with E-state index in [1.54, 1.807) is 18.3 Å². The van der Waals surface area contributed by atoms with E-state index in [1.807, 2.05) is 47.9 Å². The molecule has 0 spiro atoms. The molecule has 0 atom stereocenters. The van der Waals surface area contributed by atoms with Crippen LogP contribution in [0, 0.1) is 5.82 Å². The van der Waals surface area contributed by atoms with Crippen LogP contribution in [-0.4, -0.2) is 32.1 Å². The number of halogens is 2. The van der Waals surface area contributed by atoms with Crippen LogP contribution in [0.3, 0.4) is 0 Å². The molecule has 0 aliphatic heterocycles. The third kappa shape index (κ3) is 5.90. The molecule has 0 bridgehead atoms. The van der Waals surface area contributed by atoms with Crippen LogP contribution in [0.2, 0.25) is 0 Å². The van der Waals surface area contributed by atoms with Crippen molar-refractivity contribution in [2.24, 2.45) is 4.99 Å². The third-order valence-corrected chi connectivity index (χ3v) is 4.41. The maximum atomic E-state index is 13.5. The minimum absolute atomic E-state index is 0. The molecule has 3 heterocycles. The number of rotatable bonds is 7. The zero-order valence-corrected chi connectivity index (χ0v) is 19.7. The second-order valence-corrected chi connectivity index (χ2v) is 6.62. The summed E-state index contributed by atoms with van der Waals surface area (Å²) in [5.41, 5.74) is 1.56. The van der Waals surface area contributed by atoms with Crippen molar-refractivity contribution < 1.29 is 9.13 Å². The smallest absolute Gasteiger partial charge is 0.224 e. The summed E-state index contributed by atoms with van der Waals surface area (Å²) >= 11 is 0. The SMILES string of the molecule is CCNC(=NCc1cccnc1Oc1cccc(F)c1)NCc1nnc2ccccn12.I. The number of hydrogen-bond donors (Lipinski definition) is 2. The predicted octanol–water partition coefficient (Wildman–Crippen LogP) is 3.93. The van der Waals surface area contributed by atoms with Crippen molar-refractivity contribution in [2.75, 3.05) is 6.54 Å². The highest BCUT2D eigenvalue weighted by molar-refractivity contribution is 14.0. The first-order valence-corrected chi connectivity index (χ1v) is 9.91. The number of nitrogens with one attached hydrogen (secondary N) is 2. The summed E-state index contributed by atoms with van der Waals surface area (Å²) in [6, 6.07) is 15.4. The van der Waals surface area contributed by atoms with Crippen molar-refractivity contribution in [3.8, 4) is 11.6 Å². The summed E-state index contributed by atoms with van der Waals surface area (Å²) in [5, 5.41) is 14.9. The lowest BCUT2D eigenvalue weighted by atomic mass is 10.2. The van der Waals surface area contributed by atoms with Gasteiger partial charge < -0.3 is 15.4 Å². The Morgan fingerprint density at radius 2 is 2.00 bits per heavy atom. The molecule has 8 nitrogen and oxygen atoms in total. The van der Waals surface area contributed by atoms with Crippen LogP contribution in [0.1, 0.15) is 18.3 Å². The molecule has 1 aromatic carbocycles. The lowest BCUT2D eigenvalue weighted by Gasteiger charge is -2.12. The number of nitrogens with zero attached hydrogens (tertiary/aromatic N) is 5.